The highest BCUT2D eigenvalue weighted by atomic mass is 16.3. The van der Waals surface area contributed by atoms with Gasteiger partial charge in [0.05, 0.1) is 23.2 Å². The Hall–Kier alpha value is -3.61. The third-order valence-electron chi connectivity index (χ3n) is 5.91. The molecule has 0 bridgehead atoms. The predicted octanol–water partition coefficient (Wildman–Crippen LogP) is 4.25. The van der Waals surface area contributed by atoms with E-state index in [9.17, 15) is 4.79 Å². The summed E-state index contributed by atoms with van der Waals surface area (Å²) in [4.78, 5) is 21.8. The van der Waals surface area contributed by atoms with Gasteiger partial charge in [-0.15, -0.1) is 0 Å². The van der Waals surface area contributed by atoms with E-state index in [1.807, 2.05) is 33.7 Å². The van der Waals surface area contributed by atoms with Crippen molar-refractivity contribution in [3.05, 3.63) is 72.3 Å². The summed E-state index contributed by atoms with van der Waals surface area (Å²) in [6.07, 6.45) is 3.04. The molecule has 1 saturated heterocycles. The number of hydrogen-bond donors (Lipinski definition) is 0. The number of amides is 1. The number of benzene rings is 1. The summed E-state index contributed by atoms with van der Waals surface area (Å²) < 4.78 is 7.01. The topological polar surface area (TPSA) is 66.9 Å². The minimum Gasteiger partial charge on any atom is -0.472 e. The van der Waals surface area contributed by atoms with Crippen LogP contribution in [-0.2, 0) is 5.41 Å². The van der Waals surface area contributed by atoms with Gasteiger partial charge < -0.3 is 14.2 Å². The molecular formula is C25H27N5O2. The number of fused-ring (bicyclic) bond motifs is 1. The van der Waals surface area contributed by atoms with E-state index in [-0.39, 0.29) is 11.3 Å². The van der Waals surface area contributed by atoms with Crippen molar-refractivity contribution in [2.45, 2.75) is 26.2 Å². The third-order valence-corrected chi connectivity index (χ3v) is 5.91. The highest BCUT2D eigenvalue weighted by Crippen LogP contribution is 2.29. The fraction of sp³-hybridized carbons (Fsp3) is 0.320. The Morgan fingerprint density at radius 3 is 2.41 bits per heavy atom. The van der Waals surface area contributed by atoms with Crippen molar-refractivity contribution in [2.75, 3.05) is 31.1 Å². The van der Waals surface area contributed by atoms with Gasteiger partial charge >= 0.3 is 0 Å². The fourth-order valence-corrected chi connectivity index (χ4v) is 4.03. The van der Waals surface area contributed by atoms with Crippen molar-refractivity contribution in [2.24, 2.45) is 0 Å². The summed E-state index contributed by atoms with van der Waals surface area (Å²) >= 11 is 0. The second kappa shape index (κ2) is 7.82. The molecule has 0 radical (unpaired) electrons. The molecule has 0 saturated carbocycles. The van der Waals surface area contributed by atoms with Gasteiger partial charge in [0.2, 0.25) is 0 Å². The molecule has 4 aromatic rings. The molecule has 5 rings (SSSR count). The molecule has 0 unspecified atom stereocenters. The lowest BCUT2D eigenvalue weighted by Gasteiger charge is -2.36. The molecule has 1 aromatic carbocycles. The van der Waals surface area contributed by atoms with Crippen molar-refractivity contribution in [1.82, 2.24) is 19.5 Å². The Morgan fingerprint density at radius 2 is 1.75 bits per heavy atom. The summed E-state index contributed by atoms with van der Waals surface area (Å²) in [6.45, 7) is 9.26. The summed E-state index contributed by atoms with van der Waals surface area (Å²) in [7, 11) is 0. The number of hydrogen-bond acceptors (Lipinski definition) is 5. The molecular weight excluding hydrogens is 402 g/mol. The molecule has 4 heterocycles. The van der Waals surface area contributed by atoms with Crippen LogP contribution in [-0.4, -0.2) is 51.6 Å². The number of rotatable bonds is 3. The highest BCUT2D eigenvalue weighted by molar-refractivity contribution is 5.94. The van der Waals surface area contributed by atoms with E-state index >= 15 is 0 Å². The van der Waals surface area contributed by atoms with Crippen molar-refractivity contribution < 1.29 is 9.21 Å². The number of carbonyl (C=O) groups excluding carboxylic acids is 1. The van der Waals surface area contributed by atoms with Gasteiger partial charge in [-0.3, -0.25) is 4.79 Å². The Kier molecular flexibility index (Phi) is 4.96. The van der Waals surface area contributed by atoms with Crippen LogP contribution in [0.4, 0.5) is 5.82 Å². The number of piperazine rings is 1. The van der Waals surface area contributed by atoms with Gasteiger partial charge in [-0.25, -0.2) is 4.98 Å². The Balaban J connectivity index is 1.48. The van der Waals surface area contributed by atoms with Crippen LogP contribution in [0.5, 0.6) is 0 Å². The maximum Gasteiger partial charge on any atom is 0.257 e. The fourth-order valence-electron chi connectivity index (χ4n) is 4.03. The average Bonchev–Trinajstić information content (AvgIpc) is 3.48. The van der Waals surface area contributed by atoms with Crippen LogP contribution in [0.15, 0.2) is 65.5 Å². The van der Waals surface area contributed by atoms with E-state index in [1.165, 1.54) is 12.5 Å². The van der Waals surface area contributed by atoms with Gasteiger partial charge in [-0.1, -0.05) is 51.1 Å². The summed E-state index contributed by atoms with van der Waals surface area (Å²) in [5.74, 6) is 1.02. The van der Waals surface area contributed by atoms with Crippen LogP contribution in [0.25, 0.3) is 16.9 Å². The van der Waals surface area contributed by atoms with E-state index in [2.05, 4.69) is 43.9 Å². The van der Waals surface area contributed by atoms with Crippen LogP contribution in [0.1, 0.15) is 36.8 Å². The molecule has 1 amide bonds. The largest absolute Gasteiger partial charge is 0.472 e. The first-order valence-electron chi connectivity index (χ1n) is 10.9. The first kappa shape index (κ1) is 20.3. The molecule has 1 aliphatic rings. The normalized spacial score (nSPS) is 14.8. The zero-order valence-corrected chi connectivity index (χ0v) is 18.7. The Morgan fingerprint density at radius 1 is 1.00 bits per heavy atom. The first-order valence-corrected chi connectivity index (χ1v) is 10.9. The van der Waals surface area contributed by atoms with Crippen LogP contribution >= 0.6 is 0 Å². The lowest BCUT2D eigenvalue weighted by molar-refractivity contribution is 0.0745. The lowest BCUT2D eigenvalue weighted by atomic mass is 9.92. The van der Waals surface area contributed by atoms with Crippen molar-refractivity contribution in [3.8, 4) is 11.3 Å². The zero-order chi connectivity index (χ0) is 22.3. The SMILES string of the molecule is CC(C)(C)c1cc(N2CCN(C(=O)c3ccoc3)CC2)n2nc(-c3ccccc3)cc2n1. The Labute approximate surface area is 187 Å². The maximum atomic E-state index is 12.7. The van der Waals surface area contributed by atoms with E-state index in [4.69, 9.17) is 14.5 Å². The molecule has 0 aliphatic carbocycles. The smallest absolute Gasteiger partial charge is 0.257 e. The molecule has 7 nitrogen and oxygen atoms in total. The quantitative estimate of drug-likeness (QED) is 0.487. The number of carbonyl (C=O) groups is 1. The molecule has 1 aliphatic heterocycles. The third kappa shape index (κ3) is 3.75. The van der Waals surface area contributed by atoms with Crippen LogP contribution in [0.3, 0.4) is 0 Å². The summed E-state index contributed by atoms with van der Waals surface area (Å²) in [5, 5.41) is 4.90. The van der Waals surface area contributed by atoms with Gasteiger partial charge in [-0.2, -0.15) is 9.61 Å². The summed E-state index contributed by atoms with van der Waals surface area (Å²) in [5.41, 5.74) is 4.34. The molecule has 32 heavy (non-hydrogen) atoms. The molecule has 7 heteroatoms. The van der Waals surface area contributed by atoms with Gasteiger partial charge in [0.25, 0.3) is 5.91 Å². The molecule has 1 fully saturated rings. The van der Waals surface area contributed by atoms with Crippen LogP contribution < -0.4 is 4.90 Å². The standard InChI is InChI=1S/C25H27N5O2/c1-25(2,3)21-16-23(28-10-12-29(13-11-28)24(31)19-9-14-32-17-19)30-22(26-21)15-20(27-30)18-7-5-4-6-8-18/h4-9,14-17H,10-13H2,1-3H3. The predicted molar refractivity (Wildman–Crippen MR) is 124 cm³/mol. The minimum absolute atomic E-state index is 0.0131. The number of aromatic nitrogens is 3. The summed E-state index contributed by atoms with van der Waals surface area (Å²) in [6, 6.07) is 16.1. The van der Waals surface area contributed by atoms with Crippen molar-refractivity contribution >= 4 is 17.4 Å². The van der Waals surface area contributed by atoms with Crippen molar-refractivity contribution in [3.63, 3.8) is 0 Å². The van der Waals surface area contributed by atoms with E-state index in [0.717, 1.165) is 41.5 Å². The monoisotopic (exact) mass is 429 g/mol. The maximum absolute atomic E-state index is 12.7. The zero-order valence-electron chi connectivity index (χ0n) is 18.7. The molecule has 0 atom stereocenters. The van der Waals surface area contributed by atoms with E-state index < -0.39 is 0 Å². The number of nitrogens with zero attached hydrogens (tertiary/aromatic N) is 5. The van der Waals surface area contributed by atoms with E-state index in [0.29, 0.717) is 18.7 Å². The molecule has 3 aromatic heterocycles. The molecule has 164 valence electrons. The van der Waals surface area contributed by atoms with Gasteiger partial charge in [0.1, 0.15) is 12.1 Å². The lowest BCUT2D eigenvalue weighted by Crippen LogP contribution is -2.49. The van der Waals surface area contributed by atoms with E-state index in [1.54, 1.807) is 6.07 Å². The number of anilines is 1. The molecule has 0 spiro atoms. The molecule has 0 N–H and O–H groups in total. The highest BCUT2D eigenvalue weighted by Gasteiger charge is 2.26. The second-order valence-electron chi connectivity index (χ2n) is 9.21. The van der Waals surface area contributed by atoms with Crippen LogP contribution in [0, 0.1) is 0 Å². The first-order chi connectivity index (χ1) is 15.4. The minimum atomic E-state index is -0.0905. The average molecular weight is 430 g/mol. The second-order valence-corrected chi connectivity index (χ2v) is 9.21. The van der Waals surface area contributed by atoms with Crippen LogP contribution in [0.2, 0.25) is 0 Å². The number of furan rings is 1. The van der Waals surface area contributed by atoms with Gasteiger partial charge in [0, 0.05) is 49.3 Å². The van der Waals surface area contributed by atoms with Gasteiger partial charge in [0.15, 0.2) is 5.65 Å². The Bertz CT molecular complexity index is 1230. The van der Waals surface area contributed by atoms with Crippen molar-refractivity contribution in [1.29, 1.82) is 0 Å². The van der Waals surface area contributed by atoms with Gasteiger partial charge in [-0.05, 0) is 6.07 Å².